The van der Waals surface area contributed by atoms with Crippen LogP contribution in [0.15, 0.2) is 53.5 Å². The molecule has 3 rings (SSSR count). The van der Waals surface area contributed by atoms with Crippen LogP contribution in [0.3, 0.4) is 0 Å². The normalized spacial score (nSPS) is 10.5. The number of anilines is 1. The molecule has 3 aromatic rings. The molecule has 0 saturated carbocycles. The number of nitro benzene ring substituents is 1. The van der Waals surface area contributed by atoms with Gasteiger partial charge in [-0.2, -0.15) is 9.78 Å². The van der Waals surface area contributed by atoms with Crippen LogP contribution in [0.25, 0.3) is 5.69 Å². The Hall–Kier alpha value is -3.79. The second-order valence-corrected chi connectivity index (χ2v) is 6.39. The van der Waals surface area contributed by atoms with Crippen molar-refractivity contribution in [1.82, 2.24) is 9.78 Å². The molecule has 0 amide bonds. The van der Waals surface area contributed by atoms with E-state index in [0.29, 0.717) is 0 Å². The van der Waals surface area contributed by atoms with E-state index < -0.39 is 22.3 Å². The van der Waals surface area contributed by atoms with Gasteiger partial charge in [-0.1, -0.05) is 11.6 Å². The highest BCUT2D eigenvalue weighted by molar-refractivity contribution is 6.32. The summed E-state index contributed by atoms with van der Waals surface area (Å²) in [5.74, 6) is -1.17. The number of methoxy groups -OCH3 is 1. The van der Waals surface area contributed by atoms with Gasteiger partial charge < -0.3 is 10.1 Å². The summed E-state index contributed by atoms with van der Waals surface area (Å²) in [5, 5.41) is 17.3. The van der Waals surface area contributed by atoms with E-state index >= 15 is 0 Å². The lowest BCUT2D eigenvalue weighted by Gasteiger charge is -2.11. The summed E-state index contributed by atoms with van der Waals surface area (Å²) in [4.78, 5) is 34.3. The summed E-state index contributed by atoms with van der Waals surface area (Å²) in [6.07, 6.45) is 1.27. The smallest absolute Gasteiger partial charge is 0.337 e. The van der Waals surface area contributed by atoms with Gasteiger partial charge in [0.2, 0.25) is 0 Å². The Morgan fingerprint density at radius 2 is 2.00 bits per heavy atom. The average Bonchev–Trinajstić information content (AvgIpc) is 2.75. The van der Waals surface area contributed by atoms with Crippen molar-refractivity contribution in [3.63, 3.8) is 0 Å². The first-order valence-electron chi connectivity index (χ1n) is 8.45. The first kappa shape index (κ1) is 20.9. The third kappa shape index (κ3) is 4.28. The molecule has 11 heteroatoms. The van der Waals surface area contributed by atoms with Crippen LogP contribution in [0, 0.1) is 15.9 Å². The van der Waals surface area contributed by atoms with E-state index in [4.69, 9.17) is 11.6 Å². The number of ether oxygens (including phenoxy) is 1. The quantitative estimate of drug-likeness (QED) is 0.360. The number of hydrogen-bond donors (Lipinski definition) is 1. The fraction of sp³-hybridized carbons (Fsp3) is 0.105. The van der Waals surface area contributed by atoms with Crippen molar-refractivity contribution in [3.8, 4) is 5.69 Å². The van der Waals surface area contributed by atoms with Gasteiger partial charge in [-0.3, -0.25) is 14.9 Å². The Morgan fingerprint density at radius 3 is 2.63 bits per heavy atom. The molecule has 0 fully saturated rings. The van der Waals surface area contributed by atoms with E-state index in [-0.39, 0.29) is 39.8 Å². The van der Waals surface area contributed by atoms with Crippen molar-refractivity contribution < 1.29 is 18.8 Å². The minimum Gasteiger partial charge on any atom is -0.465 e. The van der Waals surface area contributed by atoms with Crippen LogP contribution in [-0.2, 0) is 11.3 Å². The SMILES string of the molecule is COC(=O)c1ccc(F)c(CNc2cnn(-c3ccc([N+](=O)[O-])cc3)c(=O)c2Cl)c1. The maximum absolute atomic E-state index is 14.0. The van der Waals surface area contributed by atoms with E-state index in [9.17, 15) is 24.1 Å². The molecular formula is C19H14ClFN4O5. The molecule has 0 radical (unpaired) electrons. The van der Waals surface area contributed by atoms with Gasteiger partial charge in [-0.05, 0) is 30.3 Å². The Morgan fingerprint density at radius 1 is 1.30 bits per heavy atom. The van der Waals surface area contributed by atoms with Crippen molar-refractivity contribution >= 4 is 28.9 Å². The third-order valence-electron chi connectivity index (χ3n) is 4.16. The van der Waals surface area contributed by atoms with Crippen LogP contribution in [-0.4, -0.2) is 27.8 Å². The number of halogens is 2. The molecule has 0 bridgehead atoms. The molecule has 9 nitrogen and oxygen atoms in total. The van der Waals surface area contributed by atoms with Crippen LogP contribution < -0.4 is 10.9 Å². The van der Waals surface area contributed by atoms with Gasteiger partial charge in [0.15, 0.2) is 0 Å². The number of benzene rings is 2. The predicted molar refractivity (Wildman–Crippen MR) is 107 cm³/mol. The Labute approximate surface area is 173 Å². The molecule has 1 N–H and O–H groups in total. The number of esters is 1. The Bertz CT molecular complexity index is 1180. The highest BCUT2D eigenvalue weighted by Gasteiger charge is 2.14. The van der Waals surface area contributed by atoms with Crippen LogP contribution in [0.1, 0.15) is 15.9 Å². The van der Waals surface area contributed by atoms with Gasteiger partial charge in [0.05, 0.1) is 35.2 Å². The van der Waals surface area contributed by atoms with Crippen molar-refractivity contribution in [1.29, 1.82) is 0 Å². The van der Waals surface area contributed by atoms with Crippen LogP contribution in [0.2, 0.25) is 5.02 Å². The zero-order valence-electron chi connectivity index (χ0n) is 15.5. The molecule has 2 aromatic carbocycles. The lowest BCUT2D eigenvalue weighted by Crippen LogP contribution is -2.22. The molecule has 0 saturated heterocycles. The summed E-state index contributed by atoms with van der Waals surface area (Å²) in [5.41, 5.74) is -0.0210. The van der Waals surface area contributed by atoms with Crippen LogP contribution in [0.5, 0.6) is 0 Å². The highest BCUT2D eigenvalue weighted by Crippen LogP contribution is 2.20. The molecule has 0 unspecified atom stereocenters. The van der Waals surface area contributed by atoms with Gasteiger partial charge in [0.25, 0.3) is 11.2 Å². The number of carbonyl (C=O) groups is 1. The average molecular weight is 433 g/mol. The maximum Gasteiger partial charge on any atom is 0.337 e. The van der Waals surface area contributed by atoms with E-state index in [1.54, 1.807) is 0 Å². The van der Waals surface area contributed by atoms with E-state index in [1.165, 1.54) is 49.7 Å². The van der Waals surface area contributed by atoms with Crippen molar-refractivity contribution in [2.45, 2.75) is 6.54 Å². The monoisotopic (exact) mass is 432 g/mol. The fourth-order valence-corrected chi connectivity index (χ4v) is 2.80. The zero-order valence-corrected chi connectivity index (χ0v) is 16.2. The van der Waals surface area contributed by atoms with E-state index in [1.807, 2.05) is 0 Å². The number of nitrogens with one attached hydrogen (secondary N) is 1. The summed E-state index contributed by atoms with van der Waals surface area (Å²) in [6, 6.07) is 8.96. The van der Waals surface area contributed by atoms with Gasteiger partial charge in [0, 0.05) is 24.2 Å². The summed E-state index contributed by atoms with van der Waals surface area (Å²) in [7, 11) is 1.22. The van der Waals surface area contributed by atoms with Gasteiger partial charge in [0.1, 0.15) is 10.8 Å². The molecule has 1 aromatic heterocycles. The number of rotatable bonds is 6. The number of nitrogens with zero attached hydrogens (tertiary/aromatic N) is 3. The Kier molecular flexibility index (Phi) is 6.07. The van der Waals surface area contributed by atoms with Crippen molar-refractivity contribution in [2.24, 2.45) is 0 Å². The van der Waals surface area contributed by atoms with E-state index in [0.717, 1.165) is 10.7 Å². The molecule has 154 valence electrons. The summed E-state index contributed by atoms with van der Waals surface area (Å²) >= 11 is 6.13. The largest absolute Gasteiger partial charge is 0.465 e. The highest BCUT2D eigenvalue weighted by atomic mass is 35.5. The molecule has 1 heterocycles. The van der Waals surface area contributed by atoms with Crippen LogP contribution >= 0.6 is 11.6 Å². The van der Waals surface area contributed by atoms with Crippen molar-refractivity contribution in [3.05, 3.63) is 91.1 Å². The number of nitro groups is 1. The summed E-state index contributed by atoms with van der Waals surface area (Å²) in [6.45, 7) is -0.0704. The first-order chi connectivity index (χ1) is 14.3. The first-order valence-corrected chi connectivity index (χ1v) is 8.83. The number of aromatic nitrogens is 2. The molecular weight excluding hydrogens is 419 g/mol. The van der Waals surface area contributed by atoms with E-state index in [2.05, 4.69) is 15.2 Å². The zero-order chi connectivity index (χ0) is 21.8. The topological polar surface area (TPSA) is 116 Å². The van der Waals surface area contributed by atoms with Gasteiger partial charge in [-0.25, -0.2) is 9.18 Å². The second-order valence-electron chi connectivity index (χ2n) is 6.01. The maximum atomic E-state index is 14.0. The standard InChI is InChI=1S/C19H14ClFN4O5/c1-30-19(27)11-2-7-15(21)12(8-11)9-22-16-10-23-24(18(26)17(16)20)13-3-5-14(6-4-13)25(28)29/h2-8,10,22H,9H2,1H3. The van der Waals surface area contributed by atoms with Gasteiger partial charge in [-0.15, -0.1) is 0 Å². The lowest BCUT2D eigenvalue weighted by molar-refractivity contribution is -0.384. The Balaban J connectivity index is 1.84. The second kappa shape index (κ2) is 8.70. The minimum absolute atomic E-state index is 0.0704. The molecule has 0 aliphatic heterocycles. The lowest BCUT2D eigenvalue weighted by atomic mass is 10.1. The third-order valence-corrected chi connectivity index (χ3v) is 4.53. The number of carbonyl (C=O) groups excluding carboxylic acids is 1. The molecule has 0 spiro atoms. The van der Waals surface area contributed by atoms with Crippen LogP contribution in [0.4, 0.5) is 15.8 Å². The minimum atomic E-state index is -0.667. The molecule has 0 atom stereocenters. The predicted octanol–water partition coefficient (Wildman–Crippen LogP) is 3.33. The molecule has 0 aliphatic carbocycles. The fourth-order valence-electron chi connectivity index (χ4n) is 2.60. The number of non-ortho nitro benzene ring substituents is 1. The van der Waals surface area contributed by atoms with Gasteiger partial charge >= 0.3 is 5.97 Å². The molecule has 0 aliphatic rings. The van der Waals surface area contributed by atoms with Crippen molar-refractivity contribution in [2.75, 3.05) is 12.4 Å². The number of hydrogen-bond acceptors (Lipinski definition) is 7. The summed E-state index contributed by atoms with van der Waals surface area (Å²) < 4.78 is 19.6. The molecule has 30 heavy (non-hydrogen) atoms.